The first-order chi connectivity index (χ1) is 11.8. The van der Waals surface area contributed by atoms with Crippen molar-refractivity contribution in [2.75, 3.05) is 11.1 Å². The fraction of sp³-hybridized carbons (Fsp3) is 0.353. The molecule has 2 N–H and O–H groups in total. The molecule has 0 bridgehead atoms. The predicted octanol–water partition coefficient (Wildman–Crippen LogP) is 3.39. The quantitative estimate of drug-likeness (QED) is 0.567. The minimum absolute atomic E-state index is 0.0453. The number of halogens is 1. The van der Waals surface area contributed by atoms with E-state index in [1.807, 2.05) is 20.8 Å². The van der Waals surface area contributed by atoms with Crippen LogP contribution in [0.3, 0.4) is 0 Å². The van der Waals surface area contributed by atoms with Crippen molar-refractivity contribution in [2.24, 2.45) is 0 Å². The van der Waals surface area contributed by atoms with Crippen LogP contribution >= 0.6 is 23.4 Å². The summed E-state index contributed by atoms with van der Waals surface area (Å²) in [5, 5.41) is 3.78. The maximum atomic E-state index is 12.1. The van der Waals surface area contributed by atoms with Gasteiger partial charge in [0, 0.05) is 16.8 Å². The zero-order valence-electron chi connectivity index (χ0n) is 14.3. The Morgan fingerprint density at radius 2 is 2.20 bits per heavy atom. The largest absolute Gasteiger partial charge is 0.373 e. The molecule has 1 aromatic carbocycles. The molecule has 0 aliphatic rings. The van der Waals surface area contributed by atoms with Gasteiger partial charge in [0.05, 0.1) is 24.2 Å². The number of carbonyl (C=O) groups excluding carboxylic acids is 1. The molecule has 0 unspecified atom stereocenters. The van der Waals surface area contributed by atoms with Gasteiger partial charge in [0.2, 0.25) is 5.91 Å². The van der Waals surface area contributed by atoms with E-state index < -0.39 is 0 Å². The molecule has 6 nitrogen and oxygen atoms in total. The van der Waals surface area contributed by atoms with Crippen molar-refractivity contribution in [2.45, 2.75) is 38.6 Å². The third kappa shape index (κ3) is 6.19. The standard InChI is InChI=1S/C17H20ClN3O3S/c1-10(2)24-8-12-7-15(22)21-17(19-12)25-9-16(23)20-14-6-4-5-13(18)11(14)3/h4-7,10H,8-9H2,1-3H3,(H,20,23)(H,19,21,22). The highest BCUT2D eigenvalue weighted by molar-refractivity contribution is 7.99. The number of anilines is 1. The summed E-state index contributed by atoms with van der Waals surface area (Å²) in [6.45, 7) is 5.90. The Bertz CT molecular complexity index is 808. The molecule has 134 valence electrons. The van der Waals surface area contributed by atoms with Gasteiger partial charge in [0.25, 0.3) is 5.56 Å². The minimum Gasteiger partial charge on any atom is -0.373 e. The summed E-state index contributed by atoms with van der Waals surface area (Å²) in [7, 11) is 0. The molecule has 0 aliphatic heterocycles. The van der Waals surface area contributed by atoms with Gasteiger partial charge in [0.1, 0.15) is 0 Å². The highest BCUT2D eigenvalue weighted by atomic mass is 35.5. The van der Waals surface area contributed by atoms with E-state index >= 15 is 0 Å². The van der Waals surface area contributed by atoms with Gasteiger partial charge in [-0.1, -0.05) is 29.4 Å². The van der Waals surface area contributed by atoms with Crippen LogP contribution in [0.25, 0.3) is 0 Å². The van der Waals surface area contributed by atoms with E-state index in [2.05, 4.69) is 15.3 Å². The maximum Gasteiger partial charge on any atom is 0.251 e. The number of nitrogens with zero attached hydrogens (tertiary/aromatic N) is 1. The molecule has 0 atom stereocenters. The van der Waals surface area contributed by atoms with Gasteiger partial charge in [-0.05, 0) is 38.5 Å². The number of aromatic nitrogens is 2. The summed E-state index contributed by atoms with van der Waals surface area (Å²) in [5.74, 6) is -0.0922. The van der Waals surface area contributed by atoms with E-state index in [4.69, 9.17) is 16.3 Å². The Morgan fingerprint density at radius 3 is 2.92 bits per heavy atom. The SMILES string of the molecule is Cc1c(Cl)cccc1NC(=O)CSc1nc(COC(C)C)cc(=O)[nH]1. The van der Waals surface area contributed by atoms with Crippen LogP contribution in [0.4, 0.5) is 5.69 Å². The van der Waals surface area contributed by atoms with Crippen molar-refractivity contribution in [3.8, 4) is 0 Å². The van der Waals surface area contributed by atoms with Crippen LogP contribution in [0.2, 0.25) is 5.02 Å². The average molecular weight is 382 g/mol. The molecule has 2 aromatic rings. The van der Waals surface area contributed by atoms with Gasteiger partial charge in [0.15, 0.2) is 5.16 Å². The van der Waals surface area contributed by atoms with Gasteiger partial charge in [-0.15, -0.1) is 0 Å². The lowest BCUT2D eigenvalue weighted by Gasteiger charge is -2.10. The lowest BCUT2D eigenvalue weighted by atomic mass is 10.2. The minimum atomic E-state index is -0.272. The number of hydrogen-bond acceptors (Lipinski definition) is 5. The molecule has 1 amide bonds. The zero-order valence-corrected chi connectivity index (χ0v) is 15.8. The number of ether oxygens (including phenoxy) is 1. The Morgan fingerprint density at radius 1 is 1.44 bits per heavy atom. The predicted molar refractivity (Wildman–Crippen MR) is 100 cm³/mol. The molecule has 2 rings (SSSR count). The molecule has 0 spiro atoms. The number of rotatable bonds is 7. The molecule has 8 heteroatoms. The number of H-pyrrole nitrogens is 1. The van der Waals surface area contributed by atoms with Crippen LogP contribution in [-0.4, -0.2) is 27.7 Å². The van der Waals surface area contributed by atoms with Crippen molar-refractivity contribution < 1.29 is 9.53 Å². The van der Waals surface area contributed by atoms with Crippen LogP contribution in [0.1, 0.15) is 25.1 Å². The third-order valence-electron chi connectivity index (χ3n) is 3.22. The molecule has 25 heavy (non-hydrogen) atoms. The zero-order chi connectivity index (χ0) is 18.4. The van der Waals surface area contributed by atoms with E-state index in [1.54, 1.807) is 18.2 Å². The smallest absolute Gasteiger partial charge is 0.251 e. The van der Waals surface area contributed by atoms with E-state index in [1.165, 1.54) is 6.07 Å². The van der Waals surface area contributed by atoms with Crippen molar-refractivity contribution in [1.82, 2.24) is 9.97 Å². The summed E-state index contributed by atoms with van der Waals surface area (Å²) >= 11 is 7.19. The molecular weight excluding hydrogens is 362 g/mol. The summed E-state index contributed by atoms with van der Waals surface area (Å²) in [6.07, 6.45) is 0.0453. The van der Waals surface area contributed by atoms with E-state index in [0.717, 1.165) is 17.3 Å². The van der Waals surface area contributed by atoms with Crippen molar-refractivity contribution in [3.63, 3.8) is 0 Å². The first kappa shape index (κ1) is 19.5. The second-order valence-electron chi connectivity index (χ2n) is 5.65. The normalized spacial score (nSPS) is 10.9. The third-order valence-corrected chi connectivity index (χ3v) is 4.50. The van der Waals surface area contributed by atoms with Gasteiger partial charge in [-0.2, -0.15) is 0 Å². The number of aromatic amines is 1. The molecule has 1 heterocycles. The summed E-state index contributed by atoms with van der Waals surface area (Å²) < 4.78 is 5.45. The highest BCUT2D eigenvalue weighted by Gasteiger charge is 2.09. The second kappa shape index (κ2) is 9.03. The van der Waals surface area contributed by atoms with Gasteiger partial charge >= 0.3 is 0 Å². The Labute approximate surface area is 155 Å². The van der Waals surface area contributed by atoms with Crippen LogP contribution in [0.15, 0.2) is 34.2 Å². The molecule has 1 aromatic heterocycles. The number of amides is 1. The molecule has 0 saturated heterocycles. The summed E-state index contributed by atoms with van der Waals surface area (Å²) in [6, 6.07) is 6.71. The van der Waals surface area contributed by atoms with Gasteiger partial charge in [-0.25, -0.2) is 4.98 Å². The van der Waals surface area contributed by atoms with Gasteiger partial charge < -0.3 is 15.0 Å². The second-order valence-corrected chi connectivity index (χ2v) is 7.02. The number of benzene rings is 1. The molecular formula is C17H20ClN3O3S. The van der Waals surface area contributed by atoms with Gasteiger partial charge in [-0.3, -0.25) is 9.59 Å². The van der Waals surface area contributed by atoms with E-state index in [0.29, 0.717) is 21.6 Å². The summed E-state index contributed by atoms with van der Waals surface area (Å²) in [5.41, 5.74) is 1.73. The molecule has 0 fully saturated rings. The van der Waals surface area contributed by atoms with Crippen molar-refractivity contribution >= 4 is 35.0 Å². The summed E-state index contributed by atoms with van der Waals surface area (Å²) in [4.78, 5) is 30.7. The van der Waals surface area contributed by atoms with Crippen molar-refractivity contribution in [1.29, 1.82) is 0 Å². The Kier molecular flexibility index (Phi) is 7.04. The molecule has 0 radical (unpaired) electrons. The first-order valence-corrected chi connectivity index (χ1v) is 9.11. The van der Waals surface area contributed by atoms with Crippen molar-refractivity contribution in [3.05, 3.63) is 50.9 Å². The lowest BCUT2D eigenvalue weighted by Crippen LogP contribution is -2.17. The van der Waals surface area contributed by atoms with E-state index in [-0.39, 0.29) is 29.9 Å². The number of hydrogen-bond donors (Lipinski definition) is 2. The van der Waals surface area contributed by atoms with Crippen LogP contribution in [-0.2, 0) is 16.1 Å². The fourth-order valence-corrected chi connectivity index (χ4v) is 2.81. The van der Waals surface area contributed by atoms with E-state index in [9.17, 15) is 9.59 Å². The monoisotopic (exact) mass is 381 g/mol. The van der Waals surface area contributed by atoms with Crippen LogP contribution in [0.5, 0.6) is 0 Å². The Balaban J connectivity index is 1.97. The highest BCUT2D eigenvalue weighted by Crippen LogP contribution is 2.23. The number of thioether (sulfide) groups is 1. The number of nitrogens with one attached hydrogen (secondary N) is 2. The first-order valence-electron chi connectivity index (χ1n) is 7.74. The topological polar surface area (TPSA) is 84.1 Å². The molecule has 0 saturated carbocycles. The average Bonchev–Trinajstić information content (AvgIpc) is 2.55. The van der Waals surface area contributed by atoms with Crippen LogP contribution < -0.4 is 10.9 Å². The fourth-order valence-electron chi connectivity index (χ4n) is 1.94. The lowest BCUT2D eigenvalue weighted by molar-refractivity contribution is -0.113. The number of carbonyl (C=O) groups is 1. The maximum absolute atomic E-state index is 12.1. The molecule has 0 aliphatic carbocycles. The van der Waals surface area contributed by atoms with Crippen LogP contribution in [0, 0.1) is 6.92 Å². The Hall–Kier alpha value is -1.83.